The van der Waals surface area contributed by atoms with Gasteiger partial charge in [0.2, 0.25) is 0 Å². The number of nitrogens with one attached hydrogen (secondary N) is 1. The molecule has 0 radical (unpaired) electrons. The summed E-state index contributed by atoms with van der Waals surface area (Å²) in [5.74, 6) is 0.194. The minimum atomic E-state index is -0.450. The van der Waals surface area contributed by atoms with Gasteiger partial charge in [-0.15, -0.1) is 0 Å². The second-order valence-corrected chi connectivity index (χ2v) is 6.86. The predicted molar refractivity (Wildman–Crippen MR) is 116 cm³/mol. The first-order valence-corrected chi connectivity index (χ1v) is 9.39. The molecule has 0 spiro atoms. The van der Waals surface area contributed by atoms with E-state index in [1.807, 2.05) is 73.7 Å². The normalized spacial score (nSPS) is 10.9. The molecule has 144 valence electrons. The molecule has 0 unspecified atom stereocenters. The van der Waals surface area contributed by atoms with Gasteiger partial charge in [-0.05, 0) is 60.0 Å². The lowest BCUT2D eigenvalue weighted by molar-refractivity contribution is -0.112. The molecule has 29 heavy (non-hydrogen) atoms. The van der Waals surface area contributed by atoms with E-state index in [2.05, 4.69) is 5.32 Å². The number of rotatable bonds is 6. The van der Waals surface area contributed by atoms with Crippen LogP contribution >= 0.6 is 11.6 Å². The average Bonchev–Trinajstić information content (AvgIpc) is 2.73. The Morgan fingerprint density at radius 1 is 1.10 bits per heavy atom. The third-order valence-corrected chi connectivity index (χ3v) is 4.50. The van der Waals surface area contributed by atoms with Crippen molar-refractivity contribution in [3.05, 3.63) is 100 Å². The van der Waals surface area contributed by atoms with Crippen molar-refractivity contribution in [3.63, 3.8) is 0 Å². The number of anilines is 1. The molecule has 3 aromatic carbocycles. The van der Waals surface area contributed by atoms with Gasteiger partial charge in [0.05, 0.1) is 0 Å². The number of para-hydroxylation sites is 1. The monoisotopic (exact) mass is 402 g/mol. The molecule has 0 saturated heterocycles. The Labute approximate surface area is 175 Å². The van der Waals surface area contributed by atoms with Crippen LogP contribution in [0.3, 0.4) is 0 Å². The van der Waals surface area contributed by atoms with Gasteiger partial charge in [-0.2, -0.15) is 5.26 Å². The first kappa shape index (κ1) is 20.2. The molecule has 1 amide bonds. The van der Waals surface area contributed by atoms with Crippen molar-refractivity contribution in [1.82, 2.24) is 0 Å². The molecule has 0 bridgehead atoms. The fourth-order valence-corrected chi connectivity index (χ4v) is 2.79. The SMILES string of the molecule is Cc1ccccc1NC(=O)/C(C#N)=C\c1cccc(OCc2ccc(Cl)cc2)c1. The quantitative estimate of drug-likeness (QED) is 0.420. The van der Waals surface area contributed by atoms with Crippen molar-refractivity contribution < 1.29 is 9.53 Å². The van der Waals surface area contributed by atoms with Gasteiger partial charge in [-0.25, -0.2) is 0 Å². The van der Waals surface area contributed by atoms with E-state index in [9.17, 15) is 10.1 Å². The second kappa shape index (κ2) is 9.59. The van der Waals surface area contributed by atoms with Gasteiger partial charge in [0.25, 0.3) is 5.91 Å². The van der Waals surface area contributed by atoms with Crippen LogP contribution in [0.25, 0.3) is 6.08 Å². The van der Waals surface area contributed by atoms with Crippen LogP contribution in [0.2, 0.25) is 5.02 Å². The van der Waals surface area contributed by atoms with Crippen LogP contribution in [0.1, 0.15) is 16.7 Å². The van der Waals surface area contributed by atoms with E-state index in [4.69, 9.17) is 16.3 Å². The highest BCUT2D eigenvalue weighted by Crippen LogP contribution is 2.19. The van der Waals surface area contributed by atoms with E-state index in [1.54, 1.807) is 18.2 Å². The first-order chi connectivity index (χ1) is 14.0. The molecule has 0 heterocycles. The van der Waals surface area contributed by atoms with Crippen LogP contribution in [-0.2, 0) is 11.4 Å². The summed E-state index contributed by atoms with van der Waals surface area (Å²) in [6, 6.07) is 24.0. The van der Waals surface area contributed by atoms with Crippen molar-refractivity contribution >= 4 is 29.3 Å². The predicted octanol–water partition coefficient (Wildman–Crippen LogP) is 5.77. The van der Waals surface area contributed by atoms with Crippen LogP contribution in [0.15, 0.2) is 78.4 Å². The average molecular weight is 403 g/mol. The van der Waals surface area contributed by atoms with E-state index in [1.165, 1.54) is 0 Å². The van der Waals surface area contributed by atoms with Gasteiger partial charge in [0, 0.05) is 10.7 Å². The number of halogens is 1. The zero-order chi connectivity index (χ0) is 20.6. The number of carbonyl (C=O) groups is 1. The maximum absolute atomic E-state index is 12.5. The van der Waals surface area contributed by atoms with Crippen LogP contribution in [0.4, 0.5) is 5.69 Å². The zero-order valence-electron chi connectivity index (χ0n) is 15.9. The minimum absolute atomic E-state index is 0.0168. The highest BCUT2D eigenvalue weighted by molar-refractivity contribution is 6.30. The fraction of sp³-hybridized carbons (Fsp3) is 0.0833. The Hall–Kier alpha value is -3.55. The molecule has 3 rings (SSSR count). The lowest BCUT2D eigenvalue weighted by atomic mass is 10.1. The summed E-state index contributed by atoms with van der Waals surface area (Å²) in [5.41, 5.74) is 3.32. The zero-order valence-corrected chi connectivity index (χ0v) is 16.6. The smallest absolute Gasteiger partial charge is 0.266 e. The Morgan fingerprint density at radius 2 is 1.86 bits per heavy atom. The Kier molecular flexibility index (Phi) is 6.67. The Morgan fingerprint density at radius 3 is 2.59 bits per heavy atom. The standard InChI is InChI=1S/C24H19ClN2O2/c1-17-5-2-3-8-23(17)27-24(28)20(15-26)13-19-6-4-7-22(14-19)29-16-18-9-11-21(25)12-10-18/h2-14H,16H2,1H3,(H,27,28)/b20-13-. The summed E-state index contributed by atoms with van der Waals surface area (Å²) < 4.78 is 5.80. The molecule has 4 nitrogen and oxygen atoms in total. The topological polar surface area (TPSA) is 62.1 Å². The lowest BCUT2D eigenvalue weighted by Crippen LogP contribution is -2.14. The number of nitriles is 1. The summed E-state index contributed by atoms with van der Waals surface area (Å²) in [5, 5.41) is 12.9. The van der Waals surface area contributed by atoms with Crippen molar-refractivity contribution in [3.8, 4) is 11.8 Å². The molecule has 0 aliphatic heterocycles. The first-order valence-electron chi connectivity index (χ1n) is 9.01. The molecular formula is C24H19ClN2O2. The summed E-state index contributed by atoms with van der Waals surface area (Å²) in [7, 11) is 0. The number of hydrogen-bond acceptors (Lipinski definition) is 3. The lowest BCUT2D eigenvalue weighted by Gasteiger charge is -2.08. The number of ether oxygens (including phenoxy) is 1. The van der Waals surface area contributed by atoms with E-state index < -0.39 is 5.91 Å². The van der Waals surface area contributed by atoms with Crippen molar-refractivity contribution in [2.45, 2.75) is 13.5 Å². The maximum atomic E-state index is 12.5. The molecule has 3 aromatic rings. The third-order valence-electron chi connectivity index (χ3n) is 4.25. The Balaban J connectivity index is 1.71. The van der Waals surface area contributed by atoms with Gasteiger partial charge in [0.1, 0.15) is 24.0 Å². The molecule has 0 saturated carbocycles. The number of benzene rings is 3. The highest BCUT2D eigenvalue weighted by Gasteiger charge is 2.11. The Bertz CT molecular complexity index is 1080. The largest absolute Gasteiger partial charge is 0.489 e. The molecule has 0 fully saturated rings. The second-order valence-electron chi connectivity index (χ2n) is 6.43. The molecule has 1 N–H and O–H groups in total. The summed E-state index contributed by atoms with van der Waals surface area (Å²) >= 11 is 5.89. The van der Waals surface area contributed by atoms with Gasteiger partial charge in [-0.3, -0.25) is 4.79 Å². The van der Waals surface area contributed by atoms with E-state index in [0.29, 0.717) is 28.6 Å². The van der Waals surface area contributed by atoms with Crippen LogP contribution in [0, 0.1) is 18.3 Å². The molecule has 0 aliphatic rings. The minimum Gasteiger partial charge on any atom is -0.489 e. The van der Waals surface area contributed by atoms with Crippen LogP contribution in [0.5, 0.6) is 5.75 Å². The molecule has 0 aliphatic carbocycles. The maximum Gasteiger partial charge on any atom is 0.266 e. The van der Waals surface area contributed by atoms with Crippen LogP contribution in [-0.4, -0.2) is 5.91 Å². The number of nitrogens with zero attached hydrogens (tertiary/aromatic N) is 1. The molecule has 0 aromatic heterocycles. The fourth-order valence-electron chi connectivity index (χ4n) is 2.66. The number of amides is 1. The molecular weight excluding hydrogens is 384 g/mol. The van der Waals surface area contributed by atoms with Gasteiger partial charge >= 0.3 is 0 Å². The van der Waals surface area contributed by atoms with E-state index >= 15 is 0 Å². The van der Waals surface area contributed by atoms with E-state index in [0.717, 1.165) is 11.1 Å². The summed E-state index contributed by atoms with van der Waals surface area (Å²) in [6.07, 6.45) is 1.54. The van der Waals surface area contributed by atoms with E-state index in [-0.39, 0.29) is 5.57 Å². The number of carbonyl (C=O) groups excluding carboxylic acids is 1. The van der Waals surface area contributed by atoms with Crippen molar-refractivity contribution in [2.24, 2.45) is 0 Å². The third kappa shape index (κ3) is 5.71. The summed E-state index contributed by atoms with van der Waals surface area (Å²) in [4.78, 5) is 12.5. The van der Waals surface area contributed by atoms with Gasteiger partial charge in [0.15, 0.2) is 0 Å². The molecule has 0 atom stereocenters. The van der Waals surface area contributed by atoms with Gasteiger partial charge in [-0.1, -0.05) is 54.1 Å². The van der Waals surface area contributed by atoms with Crippen molar-refractivity contribution in [1.29, 1.82) is 5.26 Å². The van der Waals surface area contributed by atoms with Gasteiger partial charge < -0.3 is 10.1 Å². The van der Waals surface area contributed by atoms with Crippen molar-refractivity contribution in [2.75, 3.05) is 5.32 Å². The highest BCUT2D eigenvalue weighted by atomic mass is 35.5. The summed E-state index contributed by atoms with van der Waals surface area (Å²) in [6.45, 7) is 2.29. The number of aryl methyl sites for hydroxylation is 1. The number of hydrogen-bond donors (Lipinski definition) is 1. The van der Waals surface area contributed by atoms with Crippen LogP contribution < -0.4 is 10.1 Å². The molecule has 5 heteroatoms.